The lowest BCUT2D eigenvalue weighted by Gasteiger charge is -2.30. The van der Waals surface area contributed by atoms with E-state index >= 15 is 0 Å². The molecule has 4 atom stereocenters. The molecule has 0 aliphatic carbocycles. The first-order chi connectivity index (χ1) is 20.5. The second-order valence-corrected chi connectivity index (χ2v) is 12.5. The number of aliphatic carboxylic acids is 1. The normalized spacial score (nSPS) is 14.7. The Bertz CT molecular complexity index is 1510. The highest BCUT2D eigenvalue weighted by molar-refractivity contribution is 7.95. The Morgan fingerprint density at radius 1 is 0.932 bits per heavy atom. The van der Waals surface area contributed by atoms with Crippen LogP contribution in [0, 0.1) is 11.8 Å². The summed E-state index contributed by atoms with van der Waals surface area (Å²) in [4.78, 5) is 64.6. The molecule has 3 amide bonds. The Kier molecular flexibility index (Phi) is 12.5. The average molecular weight is 631 g/mol. The number of phenols is 1. The standard InChI is InChI=1S/C30H38N4O9S/c1-17(2)27(32)28(39)33-18(3)29(40)34(30(41)24(31)14-20-10-12-22(36)13-11-20)25(15-21(19(4)35)16-26(37)38)44(42,43)23-8-6-5-7-9-23/h5-13,15,17-18,21,24,27,36H,14,16,31-32H2,1-4H3,(H,33,39)(H,37,38)/t18-,21?,24-,27-/m0/s1. The van der Waals surface area contributed by atoms with Gasteiger partial charge in [-0.1, -0.05) is 44.2 Å². The van der Waals surface area contributed by atoms with Gasteiger partial charge in [0.05, 0.1) is 23.4 Å². The van der Waals surface area contributed by atoms with Crippen molar-refractivity contribution in [3.05, 3.63) is 71.3 Å². The number of carboxylic acid groups (broad SMARTS) is 1. The number of Topliss-reactive ketones (excluding diaryl/α,β-unsaturated/α-hetero) is 1. The SMILES string of the molecule is CC(=O)C(C=C(N(C(=O)[C@H](C)NC(=O)[C@@H](N)C(C)C)C(=O)[C@@H](N)Cc1ccc(O)cc1)S(=O)(=O)c1ccccc1)CC(=O)O. The van der Waals surface area contributed by atoms with Crippen LogP contribution in [0.4, 0.5) is 0 Å². The van der Waals surface area contributed by atoms with Crippen molar-refractivity contribution in [3.63, 3.8) is 0 Å². The van der Waals surface area contributed by atoms with Crippen LogP contribution in [0.25, 0.3) is 0 Å². The van der Waals surface area contributed by atoms with E-state index in [1.807, 2.05) is 0 Å². The first-order valence-electron chi connectivity index (χ1n) is 13.7. The van der Waals surface area contributed by atoms with Crippen LogP contribution in [0.5, 0.6) is 5.75 Å². The van der Waals surface area contributed by atoms with Gasteiger partial charge in [0.15, 0.2) is 0 Å². The van der Waals surface area contributed by atoms with E-state index in [1.165, 1.54) is 61.5 Å². The number of carbonyl (C=O) groups is 5. The van der Waals surface area contributed by atoms with E-state index in [0.29, 0.717) is 5.56 Å². The molecule has 2 aromatic carbocycles. The van der Waals surface area contributed by atoms with Crippen molar-refractivity contribution in [1.29, 1.82) is 0 Å². The number of amides is 3. The van der Waals surface area contributed by atoms with Crippen molar-refractivity contribution in [2.24, 2.45) is 23.3 Å². The van der Waals surface area contributed by atoms with Crippen LogP contribution in [-0.2, 0) is 40.2 Å². The number of aromatic hydroxyl groups is 1. The third kappa shape index (κ3) is 9.30. The lowest BCUT2D eigenvalue weighted by Crippen LogP contribution is -2.56. The Labute approximate surface area is 255 Å². The van der Waals surface area contributed by atoms with E-state index in [1.54, 1.807) is 13.8 Å². The largest absolute Gasteiger partial charge is 0.508 e. The van der Waals surface area contributed by atoms with E-state index in [4.69, 9.17) is 11.5 Å². The van der Waals surface area contributed by atoms with E-state index in [-0.39, 0.29) is 27.9 Å². The van der Waals surface area contributed by atoms with Crippen molar-refractivity contribution in [2.75, 3.05) is 0 Å². The predicted molar refractivity (Wildman–Crippen MR) is 160 cm³/mol. The van der Waals surface area contributed by atoms with Crippen molar-refractivity contribution in [3.8, 4) is 5.75 Å². The fraction of sp³-hybridized carbons (Fsp3) is 0.367. The predicted octanol–water partition coefficient (Wildman–Crippen LogP) is 1.10. The quantitative estimate of drug-likeness (QED) is 0.198. The lowest BCUT2D eigenvalue weighted by molar-refractivity contribution is -0.145. The van der Waals surface area contributed by atoms with Gasteiger partial charge in [0.1, 0.15) is 22.6 Å². The number of carbonyl (C=O) groups excluding carboxylic acids is 4. The van der Waals surface area contributed by atoms with Crippen LogP contribution in [0.1, 0.15) is 39.7 Å². The molecule has 14 heteroatoms. The fourth-order valence-electron chi connectivity index (χ4n) is 4.02. The molecule has 7 N–H and O–H groups in total. The highest BCUT2D eigenvalue weighted by Crippen LogP contribution is 2.27. The molecule has 0 aromatic heterocycles. The molecule has 2 rings (SSSR count). The van der Waals surface area contributed by atoms with E-state index in [0.717, 1.165) is 13.0 Å². The number of nitrogens with zero attached hydrogens (tertiary/aromatic N) is 1. The van der Waals surface area contributed by atoms with Crippen molar-refractivity contribution < 1.29 is 42.6 Å². The number of hydrogen-bond acceptors (Lipinski definition) is 10. The molecule has 0 aliphatic rings. The van der Waals surface area contributed by atoms with Gasteiger partial charge in [-0.15, -0.1) is 0 Å². The zero-order chi connectivity index (χ0) is 33.4. The van der Waals surface area contributed by atoms with Gasteiger partial charge in [-0.25, -0.2) is 13.3 Å². The number of allylic oxidation sites excluding steroid dienone is 1. The Balaban J connectivity index is 2.79. The van der Waals surface area contributed by atoms with Crippen LogP contribution in [0.15, 0.2) is 70.6 Å². The first-order valence-corrected chi connectivity index (χ1v) is 15.2. The summed E-state index contributed by atoms with van der Waals surface area (Å²) in [6.45, 7) is 5.60. The Hall–Kier alpha value is -4.40. The summed E-state index contributed by atoms with van der Waals surface area (Å²) < 4.78 is 28.1. The van der Waals surface area contributed by atoms with Gasteiger partial charge in [0, 0.05) is 5.92 Å². The maximum absolute atomic E-state index is 14.0. The van der Waals surface area contributed by atoms with Crippen LogP contribution in [0.3, 0.4) is 0 Å². The van der Waals surface area contributed by atoms with Crippen molar-refractivity contribution in [1.82, 2.24) is 10.2 Å². The number of ketones is 1. The zero-order valence-electron chi connectivity index (χ0n) is 24.8. The first kappa shape index (κ1) is 35.8. The summed E-state index contributed by atoms with van der Waals surface area (Å²) in [5.41, 5.74) is 12.6. The summed E-state index contributed by atoms with van der Waals surface area (Å²) in [6, 6.07) is 8.26. The van der Waals surface area contributed by atoms with Gasteiger partial charge in [-0.2, -0.15) is 0 Å². The molecule has 0 aliphatic heterocycles. The second-order valence-electron chi connectivity index (χ2n) is 10.6. The smallest absolute Gasteiger partial charge is 0.304 e. The molecule has 0 spiro atoms. The van der Waals surface area contributed by atoms with Gasteiger partial charge < -0.3 is 27.0 Å². The number of rotatable bonds is 14. The number of hydrogen-bond donors (Lipinski definition) is 5. The van der Waals surface area contributed by atoms with E-state index in [2.05, 4.69) is 5.32 Å². The molecule has 13 nitrogen and oxygen atoms in total. The fourth-order valence-corrected chi connectivity index (χ4v) is 5.54. The van der Waals surface area contributed by atoms with E-state index < -0.39 is 74.8 Å². The highest BCUT2D eigenvalue weighted by atomic mass is 32.2. The summed E-state index contributed by atoms with van der Waals surface area (Å²) in [5.74, 6) is -7.29. The van der Waals surface area contributed by atoms with Crippen LogP contribution >= 0.6 is 0 Å². The summed E-state index contributed by atoms with van der Waals surface area (Å²) in [5, 5.41) is 20.4. The number of carboxylic acids is 1. The number of phenolic OH excluding ortho intramolecular Hbond substituents is 1. The summed E-state index contributed by atoms with van der Waals surface area (Å²) >= 11 is 0. The minimum Gasteiger partial charge on any atom is -0.508 e. The highest BCUT2D eigenvalue weighted by Gasteiger charge is 2.40. The van der Waals surface area contributed by atoms with Gasteiger partial charge in [-0.05, 0) is 62.1 Å². The average Bonchev–Trinajstić information content (AvgIpc) is 2.96. The maximum Gasteiger partial charge on any atom is 0.304 e. The molecule has 1 unspecified atom stereocenters. The van der Waals surface area contributed by atoms with Crippen LogP contribution < -0.4 is 16.8 Å². The van der Waals surface area contributed by atoms with Gasteiger partial charge in [0.2, 0.25) is 15.7 Å². The number of nitrogens with one attached hydrogen (secondary N) is 1. The third-order valence-electron chi connectivity index (χ3n) is 6.71. The maximum atomic E-state index is 14.0. The molecule has 0 fully saturated rings. The van der Waals surface area contributed by atoms with Gasteiger partial charge in [0.25, 0.3) is 11.8 Å². The van der Waals surface area contributed by atoms with Crippen molar-refractivity contribution >= 4 is 39.3 Å². The number of sulfone groups is 1. The van der Waals surface area contributed by atoms with Gasteiger partial charge >= 0.3 is 5.97 Å². The summed E-state index contributed by atoms with van der Waals surface area (Å²) in [7, 11) is -4.78. The molecule has 2 aromatic rings. The third-order valence-corrected chi connectivity index (χ3v) is 8.47. The number of imide groups is 1. The number of benzene rings is 2. The minimum atomic E-state index is -4.78. The summed E-state index contributed by atoms with van der Waals surface area (Å²) in [6.07, 6.45) is -0.295. The number of nitrogens with two attached hydrogens (primary N) is 2. The molecule has 0 saturated heterocycles. The molecular weight excluding hydrogens is 592 g/mol. The van der Waals surface area contributed by atoms with Gasteiger partial charge in [-0.3, -0.25) is 24.0 Å². The molecule has 0 radical (unpaired) electrons. The topological polar surface area (TPSA) is 227 Å². The zero-order valence-corrected chi connectivity index (χ0v) is 25.7. The molecule has 44 heavy (non-hydrogen) atoms. The molecule has 0 heterocycles. The lowest BCUT2D eigenvalue weighted by atomic mass is 10.0. The molecular formula is C30H38N4O9S. The van der Waals surface area contributed by atoms with E-state index in [9.17, 15) is 42.6 Å². The monoisotopic (exact) mass is 630 g/mol. The van der Waals surface area contributed by atoms with Crippen LogP contribution in [-0.4, -0.2) is 71.1 Å². The molecule has 0 bridgehead atoms. The molecule has 238 valence electrons. The van der Waals surface area contributed by atoms with Crippen LogP contribution in [0.2, 0.25) is 0 Å². The Morgan fingerprint density at radius 3 is 2.00 bits per heavy atom. The molecule has 0 saturated carbocycles. The second kappa shape index (κ2) is 15.4. The minimum absolute atomic E-state index is 0.0532. The van der Waals surface area contributed by atoms with Crippen molar-refractivity contribution in [2.45, 2.75) is 63.6 Å². The Morgan fingerprint density at radius 2 is 1.50 bits per heavy atom.